The third kappa shape index (κ3) is 3.51. The second-order valence-corrected chi connectivity index (χ2v) is 5.67. The van der Waals surface area contributed by atoms with E-state index in [4.69, 9.17) is 0 Å². The van der Waals surface area contributed by atoms with Crippen LogP contribution in [0.2, 0.25) is 0 Å². The van der Waals surface area contributed by atoms with Crippen LogP contribution in [0.3, 0.4) is 0 Å². The number of para-hydroxylation sites is 1. The Labute approximate surface area is 139 Å². The number of hydrogen-bond donors (Lipinski definition) is 1. The molecule has 1 aromatic heterocycles. The molecule has 1 aliphatic heterocycles. The molecular weight excluding hydrogens is 308 g/mol. The zero-order valence-corrected chi connectivity index (χ0v) is 13.1. The van der Waals surface area contributed by atoms with E-state index >= 15 is 0 Å². The van der Waals surface area contributed by atoms with E-state index in [1.807, 2.05) is 12.1 Å². The zero-order chi connectivity index (χ0) is 16.9. The van der Waals surface area contributed by atoms with Crippen molar-refractivity contribution >= 4 is 17.4 Å². The molecule has 124 valence electrons. The fourth-order valence-corrected chi connectivity index (χ4v) is 2.79. The molecule has 0 atom stereocenters. The van der Waals surface area contributed by atoms with Gasteiger partial charge in [0.15, 0.2) is 0 Å². The summed E-state index contributed by atoms with van der Waals surface area (Å²) in [4.78, 5) is 29.3. The van der Waals surface area contributed by atoms with E-state index in [9.17, 15) is 14.9 Å². The van der Waals surface area contributed by atoms with Crippen molar-refractivity contribution in [2.75, 3.05) is 18.0 Å². The number of rotatable bonds is 5. The predicted molar refractivity (Wildman–Crippen MR) is 90.0 cm³/mol. The minimum atomic E-state index is -0.549. The van der Waals surface area contributed by atoms with Gasteiger partial charge in [0.05, 0.1) is 4.92 Å². The first-order valence-corrected chi connectivity index (χ1v) is 7.86. The molecule has 0 radical (unpaired) electrons. The lowest BCUT2D eigenvalue weighted by Crippen LogP contribution is -2.24. The van der Waals surface area contributed by atoms with Gasteiger partial charge in [-0.2, -0.15) is 0 Å². The molecule has 0 saturated carbocycles. The predicted octanol–water partition coefficient (Wildman–Crippen LogP) is 2.52. The summed E-state index contributed by atoms with van der Waals surface area (Å²) in [5.41, 5.74) is 0.789. The molecule has 7 nitrogen and oxygen atoms in total. The van der Waals surface area contributed by atoms with Crippen molar-refractivity contribution in [3.63, 3.8) is 0 Å². The molecule has 1 N–H and O–H groups in total. The Morgan fingerprint density at radius 2 is 2.00 bits per heavy atom. The number of nitro groups is 1. The van der Waals surface area contributed by atoms with Crippen molar-refractivity contribution in [3.05, 3.63) is 63.8 Å². The first-order chi connectivity index (χ1) is 11.6. The van der Waals surface area contributed by atoms with E-state index in [2.05, 4.69) is 15.2 Å². The molecule has 1 aromatic carbocycles. The zero-order valence-electron chi connectivity index (χ0n) is 13.1. The topological polar surface area (TPSA) is 88.4 Å². The number of carbonyl (C=O) groups excluding carboxylic acids is 1. The maximum Gasteiger partial charge on any atom is 0.282 e. The molecule has 1 fully saturated rings. The summed E-state index contributed by atoms with van der Waals surface area (Å²) in [7, 11) is 0. The largest absolute Gasteiger partial charge is 0.357 e. The second-order valence-electron chi connectivity index (χ2n) is 5.67. The molecule has 2 aromatic rings. The fourth-order valence-electron chi connectivity index (χ4n) is 2.79. The van der Waals surface area contributed by atoms with Crippen molar-refractivity contribution in [2.24, 2.45) is 0 Å². The normalized spacial score (nSPS) is 13.8. The van der Waals surface area contributed by atoms with Crippen LogP contribution in [0, 0.1) is 10.1 Å². The highest BCUT2D eigenvalue weighted by Gasteiger charge is 2.19. The summed E-state index contributed by atoms with van der Waals surface area (Å²) < 4.78 is 0. The first kappa shape index (κ1) is 15.9. The molecule has 2 heterocycles. The summed E-state index contributed by atoms with van der Waals surface area (Å²) >= 11 is 0. The molecule has 0 spiro atoms. The summed E-state index contributed by atoms with van der Waals surface area (Å²) in [5.74, 6) is 0.451. The van der Waals surface area contributed by atoms with Gasteiger partial charge in [0.1, 0.15) is 11.4 Å². The third-order valence-corrected chi connectivity index (χ3v) is 4.04. The number of nitrogens with one attached hydrogen (secondary N) is 1. The molecule has 1 aliphatic rings. The van der Waals surface area contributed by atoms with Crippen LogP contribution in [0.1, 0.15) is 28.8 Å². The van der Waals surface area contributed by atoms with Gasteiger partial charge >= 0.3 is 0 Å². The van der Waals surface area contributed by atoms with Crippen LogP contribution in [-0.2, 0) is 6.54 Å². The van der Waals surface area contributed by atoms with Gasteiger partial charge in [0.25, 0.3) is 11.6 Å². The van der Waals surface area contributed by atoms with Crippen molar-refractivity contribution in [3.8, 4) is 0 Å². The molecule has 3 rings (SSSR count). The SMILES string of the molecule is O=C(NCc1ccnc(N2CCCC2)c1)c1ccccc1[N+](=O)[O-]. The number of nitrogens with zero attached hydrogens (tertiary/aromatic N) is 3. The number of aromatic nitrogens is 1. The molecule has 0 aliphatic carbocycles. The van der Waals surface area contributed by atoms with E-state index in [0.29, 0.717) is 6.54 Å². The van der Waals surface area contributed by atoms with Crippen LogP contribution >= 0.6 is 0 Å². The Balaban J connectivity index is 1.68. The van der Waals surface area contributed by atoms with Crippen LogP contribution in [0.25, 0.3) is 0 Å². The van der Waals surface area contributed by atoms with Gasteiger partial charge in [-0.05, 0) is 36.6 Å². The number of anilines is 1. The summed E-state index contributed by atoms with van der Waals surface area (Å²) in [5, 5.41) is 13.7. The van der Waals surface area contributed by atoms with Gasteiger partial charge in [0, 0.05) is 31.9 Å². The number of hydrogen-bond acceptors (Lipinski definition) is 5. The molecule has 1 amide bonds. The highest BCUT2D eigenvalue weighted by atomic mass is 16.6. The van der Waals surface area contributed by atoms with Crippen molar-refractivity contribution in [2.45, 2.75) is 19.4 Å². The number of nitro benzene ring substituents is 1. The van der Waals surface area contributed by atoms with Gasteiger partial charge in [-0.1, -0.05) is 12.1 Å². The van der Waals surface area contributed by atoms with Crippen molar-refractivity contribution < 1.29 is 9.72 Å². The van der Waals surface area contributed by atoms with Gasteiger partial charge in [0.2, 0.25) is 0 Å². The van der Waals surface area contributed by atoms with E-state index in [-0.39, 0.29) is 11.3 Å². The number of pyridine rings is 1. The summed E-state index contributed by atoms with van der Waals surface area (Å²) in [6.45, 7) is 2.30. The van der Waals surface area contributed by atoms with Crippen LogP contribution in [0.5, 0.6) is 0 Å². The average Bonchev–Trinajstić information content (AvgIpc) is 3.14. The Hall–Kier alpha value is -2.96. The highest BCUT2D eigenvalue weighted by Crippen LogP contribution is 2.19. The maximum absolute atomic E-state index is 12.2. The first-order valence-electron chi connectivity index (χ1n) is 7.86. The minimum Gasteiger partial charge on any atom is -0.357 e. The minimum absolute atomic E-state index is 0.0660. The Morgan fingerprint density at radius 3 is 2.75 bits per heavy atom. The highest BCUT2D eigenvalue weighted by molar-refractivity contribution is 5.98. The van der Waals surface area contributed by atoms with Crippen LogP contribution < -0.4 is 10.2 Å². The quantitative estimate of drug-likeness (QED) is 0.674. The second kappa shape index (κ2) is 7.08. The molecular formula is C17H18N4O3. The van der Waals surface area contributed by atoms with E-state index in [0.717, 1.165) is 24.5 Å². The van der Waals surface area contributed by atoms with Crippen LogP contribution in [0.15, 0.2) is 42.6 Å². The van der Waals surface area contributed by atoms with Crippen molar-refractivity contribution in [1.29, 1.82) is 0 Å². The van der Waals surface area contributed by atoms with E-state index in [1.54, 1.807) is 18.3 Å². The lowest BCUT2D eigenvalue weighted by atomic mass is 10.1. The van der Waals surface area contributed by atoms with Gasteiger partial charge < -0.3 is 10.2 Å². The number of carbonyl (C=O) groups is 1. The van der Waals surface area contributed by atoms with Gasteiger partial charge in [-0.3, -0.25) is 14.9 Å². The average molecular weight is 326 g/mol. The van der Waals surface area contributed by atoms with Crippen LogP contribution in [0.4, 0.5) is 11.5 Å². The van der Waals surface area contributed by atoms with Gasteiger partial charge in [-0.15, -0.1) is 0 Å². The van der Waals surface area contributed by atoms with Crippen molar-refractivity contribution in [1.82, 2.24) is 10.3 Å². The Kier molecular flexibility index (Phi) is 4.69. The molecule has 24 heavy (non-hydrogen) atoms. The Morgan fingerprint density at radius 1 is 1.25 bits per heavy atom. The standard InChI is InChI=1S/C17H18N4O3/c22-17(14-5-1-2-6-15(14)21(23)24)19-12-13-7-8-18-16(11-13)20-9-3-4-10-20/h1-2,5-8,11H,3-4,9-10,12H2,(H,19,22). The fraction of sp³-hybridized carbons (Fsp3) is 0.294. The maximum atomic E-state index is 12.2. The number of benzene rings is 1. The molecule has 1 saturated heterocycles. The lowest BCUT2D eigenvalue weighted by Gasteiger charge is -2.17. The van der Waals surface area contributed by atoms with Gasteiger partial charge in [-0.25, -0.2) is 4.98 Å². The third-order valence-electron chi connectivity index (χ3n) is 4.04. The van der Waals surface area contributed by atoms with Crippen LogP contribution in [-0.4, -0.2) is 28.9 Å². The lowest BCUT2D eigenvalue weighted by molar-refractivity contribution is -0.385. The molecule has 0 unspecified atom stereocenters. The number of amides is 1. The Bertz CT molecular complexity index is 757. The summed E-state index contributed by atoms with van der Waals surface area (Å²) in [6, 6.07) is 9.71. The molecule has 0 bridgehead atoms. The summed E-state index contributed by atoms with van der Waals surface area (Å²) in [6.07, 6.45) is 4.06. The smallest absolute Gasteiger partial charge is 0.282 e. The monoisotopic (exact) mass is 326 g/mol. The van der Waals surface area contributed by atoms with E-state index < -0.39 is 10.8 Å². The molecule has 7 heteroatoms. The van der Waals surface area contributed by atoms with E-state index in [1.165, 1.54) is 25.0 Å².